The van der Waals surface area contributed by atoms with Crippen LogP contribution in [0.3, 0.4) is 0 Å². The minimum Gasteiger partial charge on any atom is -0.496 e. The molecule has 0 aliphatic heterocycles. The monoisotopic (exact) mass is 306 g/mol. The van der Waals surface area contributed by atoms with Gasteiger partial charge in [0.05, 0.1) is 7.11 Å². The quantitative estimate of drug-likeness (QED) is 0.698. The van der Waals surface area contributed by atoms with Crippen LogP contribution in [-0.2, 0) is 11.2 Å². The summed E-state index contributed by atoms with van der Waals surface area (Å²) in [7, 11) is 1.68. The zero-order valence-corrected chi connectivity index (χ0v) is 14.1. The lowest BCUT2D eigenvalue weighted by Gasteiger charge is -2.19. The second kappa shape index (κ2) is 10.2. The number of amides is 1. The molecule has 4 nitrogen and oxygen atoms in total. The SMILES string of the molecule is CCCCC(CN)NC(=O)CC(C)Cc1ccccc1OC. The van der Waals surface area contributed by atoms with Gasteiger partial charge in [-0.1, -0.05) is 44.9 Å². The molecule has 0 saturated heterocycles. The fourth-order valence-corrected chi connectivity index (χ4v) is 2.62. The van der Waals surface area contributed by atoms with Crippen molar-refractivity contribution in [1.82, 2.24) is 5.32 Å². The molecule has 2 unspecified atom stereocenters. The summed E-state index contributed by atoms with van der Waals surface area (Å²) < 4.78 is 5.36. The summed E-state index contributed by atoms with van der Waals surface area (Å²) in [5.74, 6) is 1.24. The van der Waals surface area contributed by atoms with Gasteiger partial charge in [-0.15, -0.1) is 0 Å². The largest absolute Gasteiger partial charge is 0.496 e. The third-order valence-corrected chi connectivity index (χ3v) is 3.85. The molecule has 1 rings (SSSR count). The molecule has 1 amide bonds. The molecule has 0 saturated carbocycles. The average molecular weight is 306 g/mol. The van der Waals surface area contributed by atoms with Gasteiger partial charge in [-0.25, -0.2) is 0 Å². The van der Waals surface area contributed by atoms with E-state index in [4.69, 9.17) is 10.5 Å². The van der Waals surface area contributed by atoms with Gasteiger partial charge in [0.1, 0.15) is 5.75 Å². The van der Waals surface area contributed by atoms with Crippen LogP contribution in [0.25, 0.3) is 0 Å². The molecule has 1 aromatic rings. The lowest BCUT2D eigenvalue weighted by atomic mass is 9.97. The van der Waals surface area contributed by atoms with Crippen LogP contribution in [0.4, 0.5) is 0 Å². The first-order valence-electron chi connectivity index (χ1n) is 8.22. The van der Waals surface area contributed by atoms with Crippen LogP contribution < -0.4 is 15.8 Å². The summed E-state index contributed by atoms with van der Waals surface area (Å²) in [5.41, 5.74) is 6.87. The van der Waals surface area contributed by atoms with E-state index in [1.807, 2.05) is 18.2 Å². The Hall–Kier alpha value is -1.55. The first-order chi connectivity index (χ1) is 10.6. The van der Waals surface area contributed by atoms with E-state index in [2.05, 4.69) is 25.2 Å². The molecule has 1 aromatic carbocycles. The Kier molecular flexibility index (Phi) is 8.60. The Bertz CT molecular complexity index is 448. The molecule has 2 atom stereocenters. The first kappa shape index (κ1) is 18.5. The van der Waals surface area contributed by atoms with Gasteiger partial charge in [0, 0.05) is 19.0 Å². The number of nitrogens with one attached hydrogen (secondary N) is 1. The molecule has 22 heavy (non-hydrogen) atoms. The van der Waals surface area contributed by atoms with E-state index in [0.717, 1.165) is 37.0 Å². The van der Waals surface area contributed by atoms with Crippen LogP contribution in [0.15, 0.2) is 24.3 Å². The smallest absolute Gasteiger partial charge is 0.220 e. The fourth-order valence-electron chi connectivity index (χ4n) is 2.62. The van der Waals surface area contributed by atoms with Crippen molar-refractivity contribution in [2.75, 3.05) is 13.7 Å². The number of nitrogens with two attached hydrogens (primary N) is 1. The number of ether oxygens (including phenoxy) is 1. The van der Waals surface area contributed by atoms with Crippen LogP contribution in [0.2, 0.25) is 0 Å². The lowest BCUT2D eigenvalue weighted by molar-refractivity contribution is -0.122. The molecule has 0 aliphatic carbocycles. The predicted octanol–water partition coefficient (Wildman–Crippen LogP) is 2.90. The van der Waals surface area contributed by atoms with Crippen LogP contribution in [-0.4, -0.2) is 25.6 Å². The summed E-state index contributed by atoms with van der Waals surface area (Å²) in [4.78, 5) is 12.1. The van der Waals surface area contributed by atoms with Crippen molar-refractivity contribution in [2.45, 2.75) is 52.0 Å². The molecule has 0 fully saturated rings. The molecule has 0 aliphatic rings. The summed E-state index contributed by atoms with van der Waals surface area (Å²) in [6.45, 7) is 4.74. The van der Waals surface area contributed by atoms with Gasteiger partial charge in [0.25, 0.3) is 0 Å². The standard InChI is InChI=1S/C18H30N2O2/c1-4-5-9-16(13-19)20-18(21)12-14(2)11-15-8-6-7-10-17(15)22-3/h6-8,10,14,16H,4-5,9,11-13,19H2,1-3H3,(H,20,21). The molecule has 0 heterocycles. The Morgan fingerprint density at radius 3 is 2.73 bits per heavy atom. The topological polar surface area (TPSA) is 64.3 Å². The Morgan fingerprint density at radius 1 is 1.36 bits per heavy atom. The highest BCUT2D eigenvalue weighted by Gasteiger charge is 2.15. The third kappa shape index (κ3) is 6.48. The van der Waals surface area contributed by atoms with Crippen LogP contribution >= 0.6 is 0 Å². The number of rotatable bonds is 10. The predicted molar refractivity (Wildman–Crippen MR) is 91.0 cm³/mol. The number of carbonyl (C=O) groups excluding carboxylic acids is 1. The normalized spacial score (nSPS) is 13.5. The van der Waals surface area contributed by atoms with Crippen molar-refractivity contribution in [1.29, 1.82) is 0 Å². The Morgan fingerprint density at radius 2 is 2.09 bits per heavy atom. The summed E-state index contributed by atoms with van der Waals surface area (Å²) >= 11 is 0. The number of para-hydroxylation sites is 1. The molecular formula is C18H30N2O2. The van der Waals surface area contributed by atoms with Gasteiger partial charge >= 0.3 is 0 Å². The van der Waals surface area contributed by atoms with Crippen molar-refractivity contribution in [3.05, 3.63) is 29.8 Å². The van der Waals surface area contributed by atoms with Crippen molar-refractivity contribution in [3.63, 3.8) is 0 Å². The molecule has 0 radical (unpaired) electrons. The maximum absolute atomic E-state index is 12.1. The van der Waals surface area contributed by atoms with Crippen LogP contribution in [0, 0.1) is 5.92 Å². The molecule has 4 heteroatoms. The minimum absolute atomic E-state index is 0.0916. The van der Waals surface area contributed by atoms with Crippen molar-refractivity contribution < 1.29 is 9.53 Å². The zero-order chi connectivity index (χ0) is 16.4. The van der Waals surface area contributed by atoms with Gasteiger partial charge in [-0.3, -0.25) is 4.79 Å². The summed E-state index contributed by atoms with van der Waals surface area (Å²) in [5, 5.41) is 3.05. The van der Waals surface area contributed by atoms with E-state index in [1.165, 1.54) is 0 Å². The molecular weight excluding hydrogens is 276 g/mol. The Balaban J connectivity index is 2.46. The highest BCUT2D eigenvalue weighted by Crippen LogP contribution is 2.22. The molecule has 3 N–H and O–H groups in total. The summed E-state index contributed by atoms with van der Waals surface area (Å²) in [6.07, 6.45) is 4.52. The van der Waals surface area contributed by atoms with E-state index >= 15 is 0 Å². The lowest BCUT2D eigenvalue weighted by Crippen LogP contribution is -2.40. The average Bonchev–Trinajstić information content (AvgIpc) is 2.51. The number of methoxy groups -OCH3 is 1. The third-order valence-electron chi connectivity index (χ3n) is 3.85. The van der Waals surface area contributed by atoms with E-state index in [-0.39, 0.29) is 17.9 Å². The van der Waals surface area contributed by atoms with Gasteiger partial charge in [-0.2, -0.15) is 0 Å². The maximum Gasteiger partial charge on any atom is 0.220 e. The van der Waals surface area contributed by atoms with Crippen molar-refractivity contribution >= 4 is 5.91 Å². The number of unbranched alkanes of at least 4 members (excludes halogenated alkanes) is 1. The van der Waals surface area contributed by atoms with Gasteiger partial charge < -0.3 is 15.8 Å². The molecule has 0 aromatic heterocycles. The maximum atomic E-state index is 12.1. The van der Waals surface area contributed by atoms with Crippen molar-refractivity contribution in [3.8, 4) is 5.75 Å². The van der Waals surface area contributed by atoms with Gasteiger partial charge in [0.2, 0.25) is 5.91 Å². The molecule has 0 spiro atoms. The highest BCUT2D eigenvalue weighted by atomic mass is 16.5. The molecule has 0 bridgehead atoms. The summed E-state index contributed by atoms with van der Waals surface area (Å²) in [6, 6.07) is 8.07. The van der Waals surface area contributed by atoms with E-state index in [0.29, 0.717) is 13.0 Å². The number of hydrogen-bond donors (Lipinski definition) is 2. The van der Waals surface area contributed by atoms with E-state index in [1.54, 1.807) is 7.11 Å². The van der Waals surface area contributed by atoms with Gasteiger partial charge in [0.15, 0.2) is 0 Å². The minimum atomic E-state index is 0.0916. The number of carbonyl (C=O) groups is 1. The second-order valence-corrected chi connectivity index (χ2v) is 5.97. The fraction of sp³-hybridized carbons (Fsp3) is 0.611. The number of benzene rings is 1. The first-order valence-corrected chi connectivity index (χ1v) is 8.22. The highest BCUT2D eigenvalue weighted by molar-refractivity contribution is 5.76. The van der Waals surface area contributed by atoms with E-state index in [9.17, 15) is 4.79 Å². The number of hydrogen-bond acceptors (Lipinski definition) is 3. The van der Waals surface area contributed by atoms with Gasteiger partial charge in [-0.05, 0) is 30.4 Å². The second-order valence-electron chi connectivity index (χ2n) is 5.97. The van der Waals surface area contributed by atoms with Crippen LogP contribution in [0.5, 0.6) is 5.75 Å². The molecule has 124 valence electrons. The van der Waals surface area contributed by atoms with Crippen molar-refractivity contribution in [2.24, 2.45) is 11.7 Å². The van der Waals surface area contributed by atoms with Crippen LogP contribution in [0.1, 0.15) is 45.1 Å². The van der Waals surface area contributed by atoms with E-state index < -0.39 is 0 Å². The zero-order valence-electron chi connectivity index (χ0n) is 14.1. The Labute approximate surface area is 134 Å².